The molecule has 17 heavy (non-hydrogen) atoms. The van der Waals surface area contributed by atoms with Gasteiger partial charge in [0.15, 0.2) is 0 Å². The van der Waals surface area contributed by atoms with Gasteiger partial charge in [0.1, 0.15) is 5.75 Å². The van der Waals surface area contributed by atoms with E-state index in [0.29, 0.717) is 18.8 Å². The minimum Gasteiger partial charge on any atom is -0.410 e. The van der Waals surface area contributed by atoms with Crippen LogP contribution in [0.2, 0.25) is 0 Å². The largest absolute Gasteiger partial charge is 0.415 e. The molecule has 0 aromatic heterocycles. The van der Waals surface area contributed by atoms with E-state index in [0.717, 1.165) is 17.5 Å². The molecule has 92 valence electrons. The van der Waals surface area contributed by atoms with Crippen molar-refractivity contribution < 1.29 is 9.53 Å². The average Bonchev–Trinajstić information content (AvgIpc) is 2.63. The summed E-state index contributed by atoms with van der Waals surface area (Å²) in [6.45, 7) is 5.24. The molecule has 2 rings (SSSR count). The van der Waals surface area contributed by atoms with Gasteiger partial charge in [-0.1, -0.05) is 6.07 Å². The van der Waals surface area contributed by atoms with Crippen LogP contribution >= 0.6 is 0 Å². The van der Waals surface area contributed by atoms with Crippen molar-refractivity contribution in [3.8, 4) is 5.75 Å². The molecule has 4 nitrogen and oxygen atoms in total. The standard InChI is InChI=1S/C13H18N2O2/c1-9-5-10(2)7-12(6-9)17-13(16)15-4-3-11(14)8-15/h5-7,11H,3-4,8,14H2,1-2H3/t11-/m1/s1. The van der Waals surface area contributed by atoms with Crippen LogP contribution in [0.3, 0.4) is 0 Å². The summed E-state index contributed by atoms with van der Waals surface area (Å²) in [7, 11) is 0. The lowest BCUT2D eigenvalue weighted by Gasteiger charge is -2.15. The van der Waals surface area contributed by atoms with E-state index < -0.39 is 0 Å². The molecule has 2 N–H and O–H groups in total. The van der Waals surface area contributed by atoms with E-state index in [2.05, 4.69) is 0 Å². The molecule has 1 atom stereocenters. The van der Waals surface area contributed by atoms with Gasteiger partial charge in [0.2, 0.25) is 0 Å². The molecular weight excluding hydrogens is 216 g/mol. The monoisotopic (exact) mass is 234 g/mol. The number of carbonyl (C=O) groups is 1. The first kappa shape index (κ1) is 11.9. The van der Waals surface area contributed by atoms with E-state index in [-0.39, 0.29) is 12.1 Å². The summed E-state index contributed by atoms with van der Waals surface area (Å²) in [5.74, 6) is 0.605. The summed E-state index contributed by atoms with van der Waals surface area (Å²) in [4.78, 5) is 13.5. The third kappa shape index (κ3) is 2.97. The van der Waals surface area contributed by atoms with E-state index >= 15 is 0 Å². The van der Waals surface area contributed by atoms with Crippen molar-refractivity contribution in [2.24, 2.45) is 5.73 Å². The minimum absolute atomic E-state index is 0.0850. The highest BCUT2D eigenvalue weighted by molar-refractivity contribution is 5.71. The Balaban J connectivity index is 2.03. The Morgan fingerprint density at radius 1 is 1.35 bits per heavy atom. The number of amides is 1. The first-order valence-corrected chi connectivity index (χ1v) is 5.85. The van der Waals surface area contributed by atoms with Crippen molar-refractivity contribution in [3.05, 3.63) is 29.3 Å². The maximum Gasteiger partial charge on any atom is 0.415 e. The molecule has 1 amide bonds. The number of benzene rings is 1. The number of nitrogens with two attached hydrogens (primary N) is 1. The average molecular weight is 234 g/mol. The molecule has 4 heteroatoms. The third-order valence-corrected chi connectivity index (χ3v) is 2.88. The Morgan fingerprint density at radius 2 is 2.00 bits per heavy atom. The molecule has 1 aromatic carbocycles. The number of ether oxygens (including phenoxy) is 1. The van der Waals surface area contributed by atoms with Gasteiger partial charge in [-0.05, 0) is 43.5 Å². The fourth-order valence-electron chi connectivity index (χ4n) is 2.11. The molecule has 0 saturated carbocycles. The van der Waals surface area contributed by atoms with Crippen molar-refractivity contribution >= 4 is 6.09 Å². The van der Waals surface area contributed by atoms with Crippen LogP contribution in [0.4, 0.5) is 4.79 Å². The number of nitrogens with zero attached hydrogens (tertiary/aromatic N) is 1. The molecule has 1 fully saturated rings. The fourth-order valence-corrected chi connectivity index (χ4v) is 2.11. The Bertz CT molecular complexity index is 411. The van der Waals surface area contributed by atoms with Gasteiger partial charge in [-0.3, -0.25) is 0 Å². The van der Waals surface area contributed by atoms with Crippen LogP contribution in [-0.4, -0.2) is 30.1 Å². The van der Waals surface area contributed by atoms with Gasteiger partial charge in [-0.2, -0.15) is 0 Å². The fraction of sp³-hybridized carbons (Fsp3) is 0.462. The lowest BCUT2D eigenvalue weighted by molar-refractivity contribution is 0.162. The summed E-state index contributed by atoms with van der Waals surface area (Å²) in [6.07, 6.45) is 0.546. The lowest BCUT2D eigenvalue weighted by atomic mass is 10.1. The molecule has 1 heterocycles. The van der Waals surface area contributed by atoms with Crippen molar-refractivity contribution in [1.82, 2.24) is 4.90 Å². The summed E-state index contributed by atoms with van der Waals surface area (Å²) < 4.78 is 5.34. The molecular formula is C13H18N2O2. The maximum atomic E-state index is 11.8. The highest BCUT2D eigenvalue weighted by Crippen LogP contribution is 2.18. The number of likely N-dealkylation sites (tertiary alicyclic amines) is 1. The number of rotatable bonds is 1. The molecule has 1 aliphatic rings. The van der Waals surface area contributed by atoms with Crippen LogP contribution in [0.25, 0.3) is 0 Å². The van der Waals surface area contributed by atoms with Gasteiger partial charge < -0.3 is 15.4 Å². The van der Waals surface area contributed by atoms with Crippen LogP contribution in [-0.2, 0) is 0 Å². The van der Waals surface area contributed by atoms with Crippen LogP contribution in [0, 0.1) is 13.8 Å². The zero-order valence-corrected chi connectivity index (χ0v) is 10.3. The maximum absolute atomic E-state index is 11.8. The number of hydrogen-bond acceptors (Lipinski definition) is 3. The van der Waals surface area contributed by atoms with Gasteiger partial charge >= 0.3 is 6.09 Å². The topological polar surface area (TPSA) is 55.6 Å². The van der Waals surface area contributed by atoms with E-state index in [1.54, 1.807) is 4.90 Å². The van der Waals surface area contributed by atoms with Crippen molar-refractivity contribution in [3.63, 3.8) is 0 Å². The van der Waals surface area contributed by atoms with Crippen molar-refractivity contribution in [2.45, 2.75) is 26.3 Å². The molecule has 0 radical (unpaired) electrons. The lowest BCUT2D eigenvalue weighted by Crippen LogP contribution is -2.34. The minimum atomic E-state index is -0.303. The Hall–Kier alpha value is -1.55. The summed E-state index contributed by atoms with van der Waals surface area (Å²) in [6, 6.07) is 5.85. The van der Waals surface area contributed by atoms with E-state index in [4.69, 9.17) is 10.5 Å². The zero-order chi connectivity index (χ0) is 12.4. The van der Waals surface area contributed by atoms with Gasteiger partial charge in [0.25, 0.3) is 0 Å². The molecule has 1 aliphatic heterocycles. The second kappa shape index (κ2) is 4.75. The molecule has 0 aliphatic carbocycles. The molecule has 0 spiro atoms. The van der Waals surface area contributed by atoms with Crippen LogP contribution in [0.1, 0.15) is 17.5 Å². The van der Waals surface area contributed by atoms with Crippen LogP contribution < -0.4 is 10.5 Å². The highest BCUT2D eigenvalue weighted by atomic mass is 16.6. The third-order valence-electron chi connectivity index (χ3n) is 2.88. The van der Waals surface area contributed by atoms with Gasteiger partial charge in [-0.15, -0.1) is 0 Å². The van der Waals surface area contributed by atoms with Crippen molar-refractivity contribution in [1.29, 1.82) is 0 Å². The summed E-state index contributed by atoms with van der Waals surface area (Å²) in [5.41, 5.74) is 7.93. The molecule has 1 aromatic rings. The normalized spacial score (nSPS) is 19.5. The van der Waals surface area contributed by atoms with Crippen molar-refractivity contribution in [2.75, 3.05) is 13.1 Å². The van der Waals surface area contributed by atoms with Crippen LogP contribution in [0.5, 0.6) is 5.75 Å². The molecule has 0 bridgehead atoms. The Kier molecular flexibility index (Phi) is 3.33. The van der Waals surface area contributed by atoms with Gasteiger partial charge in [0.05, 0.1) is 0 Å². The van der Waals surface area contributed by atoms with E-state index in [9.17, 15) is 4.79 Å². The first-order valence-electron chi connectivity index (χ1n) is 5.85. The quantitative estimate of drug-likeness (QED) is 0.806. The van der Waals surface area contributed by atoms with E-state index in [1.807, 2.05) is 32.0 Å². The highest BCUT2D eigenvalue weighted by Gasteiger charge is 2.25. The predicted octanol–water partition coefficient (Wildman–Crippen LogP) is 1.84. The number of hydrogen-bond donors (Lipinski definition) is 1. The first-order chi connectivity index (χ1) is 8.04. The predicted molar refractivity (Wildman–Crippen MR) is 66.1 cm³/mol. The summed E-state index contributed by atoms with van der Waals surface area (Å²) in [5, 5.41) is 0. The van der Waals surface area contributed by atoms with Gasteiger partial charge in [-0.25, -0.2) is 4.79 Å². The Morgan fingerprint density at radius 3 is 2.53 bits per heavy atom. The number of aryl methyl sites for hydroxylation is 2. The van der Waals surface area contributed by atoms with E-state index in [1.165, 1.54) is 0 Å². The SMILES string of the molecule is Cc1cc(C)cc(OC(=O)N2CC[C@@H](N)C2)c1. The van der Waals surface area contributed by atoms with Gasteiger partial charge in [0, 0.05) is 19.1 Å². The second-order valence-electron chi connectivity index (χ2n) is 4.69. The smallest absolute Gasteiger partial charge is 0.410 e. The number of carbonyl (C=O) groups excluding carboxylic acids is 1. The summed E-state index contributed by atoms with van der Waals surface area (Å²) >= 11 is 0. The molecule has 0 unspecified atom stereocenters. The molecule has 1 saturated heterocycles. The second-order valence-corrected chi connectivity index (χ2v) is 4.69. The zero-order valence-electron chi connectivity index (χ0n) is 10.3. The Labute approximate surface area is 101 Å². The van der Waals surface area contributed by atoms with Crippen LogP contribution in [0.15, 0.2) is 18.2 Å².